The number of ketones is 1. The highest BCUT2D eigenvalue weighted by molar-refractivity contribution is 7.19. The monoisotopic (exact) mass is 306 g/mol. The Morgan fingerprint density at radius 1 is 1.33 bits per heavy atom. The van der Waals surface area contributed by atoms with Gasteiger partial charge in [-0.3, -0.25) is 4.79 Å². The Kier molecular flexibility index (Phi) is 4.00. The minimum atomic E-state index is 0.0165. The van der Waals surface area contributed by atoms with Gasteiger partial charge >= 0.3 is 0 Å². The van der Waals surface area contributed by atoms with E-state index < -0.39 is 0 Å². The molecule has 0 aliphatic heterocycles. The van der Waals surface area contributed by atoms with Crippen molar-refractivity contribution < 1.29 is 4.79 Å². The fourth-order valence-corrected chi connectivity index (χ4v) is 4.45. The van der Waals surface area contributed by atoms with Crippen LogP contribution in [0.25, 0.3) is 0 Å². The first-order valence-electron chi connectivity index (χ1n) is 8.16. The average molecular weight is 306 g/mol. The molecule has 1 heterocycles. The predicted octanol–water partition coefficient (Wildman–Crippen LogP) is 4.28. The molecular formula is C17H26N2OS. The summed E-state index contributed by atoms with van der Waals surface area (Å²) < 4.78 is 0. The van der Waals surface area contributed by atoms with E-state index in [2.05, 4.69) is 11.9 Å². The summed E-state index contributed by atoms with van der Waals surface area (Å²) in [6.45, 7) is 5.01. The van der Waals surface area contributed by atoms with Gasteiger partial charge in [0.15, 0.2) is 5.78 Å². The van der Waals surface area contributed by atoms with Crippen LogP contribution in [0.5, 0.6) is 0 Å². The van der Waals surface area contributed by atoms with Gasteiger partial charge in [0, 0.05) is 25.1 Å². The molecule has 1 aromatic rings. The van der Waals surface area contributed by atoms with Gasteiger partial charge in [-0.2, -0.15) is 0 Å². The highest BCUT2D eigenvalue weighted by atomic mass is 32.1. The first-order valence-corrected chi connectivity index (χ1v) is 8.98. The number of rotatable bonds is 6. The van der Waals surface area contributed by atoms with Gasteiger partial charge in [-0.25, -0.2) is 0 Å². The second kappa shape index (κ2) is 5.64. The number of nitrogen functional groups attached to an aromatic ring is 1. The third-order valence-corrected chi connectivity index (χ3v) is 6.15. The lowest BCUT2D eigenvalue weighted by molar-refractivity contribution is 0.0944. The quantitative estimate of drug-likeness (QED) is 0.798. The molecule has 21 heavy (non-hydrogen) atoms. The Balaban J connectivity index is 1.90. The Hall–Kier alpha value is -1.03. The molecule has 0 atom stereocenters. The zero-order valence-electron chi connectivity index (χ0n) is 13.3. The van der Waals surface area contributed by atoms with E-state index >= 15 is 0 Å². The molecule has 2 N–H and O–H groups in total. The molecule has 0 amide bonds. The van der Waals surface area contributed by atoms with Crippen molar-refractivity contribution in [3.63, 3.8) is 0 Å². The molecule has 3 nitrogen and oxygen atoms in total. The number of hydrogen-bond acceptors (Lipinski definition) is 4. The molecular weight excluding hydrogens is 280 g/mol. The number of nitrogens with two attached hydrogens (primary N) is 1. The summed E-state index contributed by atoms with van der Waals surface area (Å²) in [5, 5.41) is 1.26. The van der Waals surface area contributed by atoms with Gasteiger partial charge in [0.2, 0.25) is 0 Å². The Labute approximate surface area is 131 Å². The summed E-state index contributed by atoms with van der Waals surface area (Å²) in [6, 6.07) is 0. The minimum Gasteiger partial charge on any atom is -0.397 e. The smallest absolute Gasteiger partial charge is 0.177 e. The molecule has 3 rings (SSSR count). The lowest BCUT2D eigenvalue weighted by Gasteiger charge is -2.31. The number of carbonyl (C=O) groups is 1. The molecule has 0 radical (unpaired) electrons. The molecule has 2 aliphatic carbocycles. The largest absolute Gasteiger partial charge is 0.397 e. The lowest BCUT2D eigenvalue weighted by Crippen LogP contribution is -2.29. The highest BCUT2D eigenvalue weighted by Gasteiger charge is 2.35. The van der Waals surface area contributed by atoms with Crippen molar-refractivity contribution >= 4 is 27.8 Å². The number of Topliss-reactive ketones (excluding diaryl/α,β-unsaturated/α-hetero) is 1. The van der Waals surface area contributed by atoms with Crippen LogP contribution in [0.4, 0.5) is 10.7 Å². The SMILES string of the molecule is CC(C)C(=O)c1sc(N(C)CC2CCC2)c(C2CC2)c1N. The van der Waals surface area contributed by atoms with Crippen molar-refractivity contribution in [3.8, 4) is 0 Å². The second-order valence-electron chi connectivity index (χ2n) is 7.03. The topological polar surface area (TPSA) is 46.3 Å². The van der Waals surface area contributed by atoms with Crippen LogP contribution in [0.3, 0.4) is 0 Å². The molecule has 0 spiro atoms. The molecule has 2 fully saturated rings. The van der Waals surface area contributed by atoms with E-state index in [1.54, 1.807) is 11.3 Å². The summed E-state index contributed by atoms with van der Waals surface area (Å²) in [5.74, 6) is 1.63. The summed E-state index contributed by atoms with van der Waals surface area (Å²) in [4.78, 5) is 15.5. The van der Waals surface area contributed by atoms with Crippen LogP contribution in [-0.2, 0) is 0 Å². The Bertz CT molecular complexity index is 541. The summed E-state index contributed by atoms with van der Waals surface area (Å²) in [5.41, 5.74) is 8.41. The van der Waals surface area contributed by atoms with Gasteiger partial charge in [0.1, 0.15) is 0 Å². The molecule has 0 saturated heterocycles. The van der Waals surface area contributed by atoms with E-state index in [1.165, 1.54) is 42.7 Å². The number of thiophene rings is 1. The fraction of sp³-hybridized carbons (Fsp3) is 0.706. The molecule has 1 aromatic heterocycles. The number of hydrogen-bond donors (Lipinski definition) is 1. The van der Waals surface area contributed by atoms with Crippen LogP contribution in [-0.4, -0.2) is 19.4 Å². The van der Waals surface area contributed by atoms with Crippen LogP contribution < -0.4 is 10.6 Å². The van der Waals surface area contributed by atoms with E-state index in [9.17, 15) is 4.79 Å². The van der Waals surface area contributed by atoms with Crippen molar-refractivity contribution in [1.82, 2.24) is 0 Å². The first-order chi connectivity index (χ1) is 9.99. The molecule has 2 saturated carbocycles. The van der Waals surface area contributed by atoms with E-state index in [-0.39, 0.29) is 11.7 Å². The molecule has 116 valence electrons. The summed E-state index contributed by atoms with van der Waals surface area (Å²) >= 11 is 1.63. The van der Waals surface area contributed by atoms with Crippen LogP contribution >= 0.6 is 11.3 Å². The number of anilines is 2. The first kappa shape index (κ1) is 14.9. The maximum absolute atomic E-state index is 12.4. The molecule has 0 bridgehead atoms. The van der Waals surface area contributed by atoms with Gasteiger partial charge < -0.3 is 10.6 Å². The van der Waals surface area contributed by atoms with Crippen molar-refractivity contribution in [3.05, 3.63) is 10.4 Å². The maximum Gasteiger partial charge on any atom is 0.177 e. The second-order valence-corrected chi connectivity index (χ2v) is 8.03. The maximum atomic E-state index is 12.4. The van der Waals surface area contributed by atoms with Crippen LogP contribution in [0, 0.1) is 11.8 Å². The van der Waals surface area contributed by atoms with Crippen molar-refractivity contribution in [2.24, 2.45) is 11.8 Å². The van der Waals surface area contributed by atoms with Crippen molar-refractivity contribution in [2.45, 2.75) is 51.9 Å². The van der Waals surface area contributed by atoms with Gasteiger partial charge in [0.05, 0.1) is 15.6 Å². The Morgan fingerprint density at radius 3 is 2.48 bits per heavy atom. The molecule has 0 aromatic carbocycles. The van der Waals surface area contributed by atoms with E-state index in [0.717, 1.165) is 23.0 Å². The van der Waals surface area contributed by atoms with E-state index in [1.807, 2.05) is 13.8 Å². The minimum absolute atomic E-state index is 0.0165. The lowest BCUT2D eigenvalue weighted by atomic mass is 9.85. The van der Waals surface area contributed by atoms with Crippen LogP contribution in [0.1, 0.15) is 67.1 Å². The average Bonchev–Trinajstić information content (AvgIpc) is 3.16. The predicted molar refractivity (Wildman–Crippen MR) is 90.5 cm³/mol. The fourth-order valence-electron chi connectivity index (χ4n) is 3.09. The van der Waals surface area contributed by atoms with Crippen LogP contribution in [0.15, 0.2) is 0 Å². The molecule has 0 unspecified atom stereocenters. The molecule has 4 heteroatoms. The van der Waals surface area contributed by atoms with E-state index in [4.69, 9.17) is 5.73 Å². The van der Waals surface area contributed by atoms with Crippen molar-refractivity contribution in [1.29, 1.82) is 0 Å². The number of carbonyl (C=O) groups excluding carboxylic acids is 1. The van der Waals surface area contributed by atoms with E-state index in [0.29, 0.717) is 5.92 Å². The highest BCUT2D eigenvalue weighted by Crippen LogP contribution is 2.52. The molecule has 2 aliphatic rings. The van der Waals surface area contributed by atoms with Crippen LogP contribution in [0.2, 0.25) is 0 Å². The van der Waals surface area contributed by atoms with Gasteiger partial charge in [0.25, 0.3) is 0 Å². The zero-order chi connectivity index (χ0) is 15.1. The Morgan fingerprint density at radius 2 is 2.00 bits per heavy atom. The normalized spacial score (nSPS) is 18.9. The summed E-state index contributed by atoms with van der Waals surface area (Å²) in [6.07, 6.45) is 6.52. The van der Waals surface area contributed by atoms with Gasteiger partial charge in [-0.15, -0.1) is 11.3 Å². The van der Waals surface area contributed by atoms with Gasteiger partial charge in [-0.05, 0) is 37.5 Å². The van der Waals surface area contributed by atoms with Gasteiger partial charge in [-0.1, -0.05) is 20.3 Å². The zero-order valence-corrected chi connectivity index (χ0v) is 14.1. The summed E-state index contributed by atoms with van der Waals surface area (Å²) in [7, 11) is 2.17. The standard InChI is InChI=1S/C17H26N2OS/c1-10(2)15(20)16-14(18)13(12-7-8-12)17(21-16)19(3)9-11-5-4-6-11/h10-12H,4-9,18H2,1-3H3. The third kappa shape index (κ3) is 2.83. The number of nitrogens with zero attached hydrogens (tertiary/aromatic N) is 1. The van der Waals surface area contributed by atoms with Crippen molar-refractivity contribution in [2.75, 3.05) is 24.2 Å². The third-order valence-electron chi connectivity index (χ3n) is 4.80.